The Bertz CT molecular complexity index is 1320. The molecule has 3 N–H and O–H groups in total. The monoisotopic (exact) mass is 590 g/mol. The number of esters is 1. The van der Waals surface area contributed by atoms with Crippen molar-refractivity contribution in [2.75, 3.05) is 13.6 Å². The molecule has 3 aromatic rings. The van der Waals surface area contributed by atoms with Crippen LogP contribution in [-0.2, 0) is 37.0 Å². The fraction of sp³-hybridized carbons (Fsp3) is 0.412. The molecular formula is C34H42N2O7. The van der Waals surface area contributed by atoms with Gasteiger partial charge in [0, 0.05) is 38.0 Å². The van der Waals surface area contributed by atoms with Gasteiger partial charge in [-0.15, -0.1) is 0 Å². The van der Waals surface area contributed by atoms with Crippen molar-refractivity contribution in [2.24, 2.45) is 0 Å². The lowest BCUT2D eigenvalue weighted by atomic mass is 9.98. The van der Waals surface area contributed by atoms with Crippen LogP contribution in [0, 0.1) is 0 Å². The zero-order chi connectivity index (χ0) is 30.9. The number of nitrogens with zero attached hydrogens (tertiary/aromatic N) is 1. The fourth-order valence-electron chi connectivity index (χ4n) is 5.12. The van der Waals surface area contributed by atoms with Crippen LogP contribution in [0.3, 0.4) is 0 Å². The molecule has 1 heterocycles. The second-order valence-electron chi connectivity index (χ2n) is 11.1. The maximum absolute atomic E-state index is 12.2. The number of hydrogen-bond acceptors (Lipinski definition) is 8. The van der Waals surface area contributed by atoms with Gasteiger partial charge in [0.25, 0.3) is 5.91 Å². The van der Waals surface area contributed by atoms with E-state index >= 15 is 0 Å². The summed E-state index contributed by atoms with van der Waals surface area (Å²) in [5, 5.41) is 23.3. The summed E-state index contributed by atoms with van der Waals surface area (Å²) in [4.78, 5) is 25.4. The molecule has 43 heavy (non-hydrogen) atoms. The highest BCUT2D eigenvalue weighted by Gasteiger charge is 2.34. The minimum Gasteiger partial charge on any atom is -0.453 e. The lowest BCUT2D eigenvalue weighted by Gasteiger charge is -2.39. The number of ether oxygens (including phenoxy) is 3. The molecule has 6 atom stereocenters. The normalized spacial score (nSPS) is 20.7. The van der Waals surface area contributed by atoms with Crippen molar-refractivity contribution in [3.63, 3.8) is 0 Å². The summed E-state index contributed by atoms with van der Waals surface area (Å²) >= 11 is 0. The first-order valence-electron chi connectivity index (χ1n) is 14.6. The van der Waals surface area contributed by atoms with Gasteiger partial charge in [-0.05, 0) is 43.1 Å². The molecule has 0 aliphatic carbocycles. The van der Waals surface area contributed by atoms with E-state index in [1.165, 1.54) is 13.8 Å². The molecule has 9 heteroatoms. The summed E-state index contributed by atoms with van der Waals surface area (Å²) in [6, 6.07) is 24.9. The number of rotatable bonds is 12. The van der Waals surface area contributed by atoms with E-state index in [1.54, 1.807) is 0 Å². The quantitative estimate of drug-likeness (QED) is 0.267. The van der Waals surface area contributed by atoms with Gasteiger partial charge in [-0.2, -0.15) is 0 Å². The zero-order valence-electron chi connectivity index (χ0n) is 25.2. The molecule has 0 bridgehead atoms. The van der Waals surface area contributed by atoms with Crippen molar-refractivity contribution in [1.82, 2.24) is 10.2 Å². The van der Waals surface area contributed by atoms with Crippen LogP contribution in [0.5, 0.6) is 0 Å². The highest BCUT2D eigenvalue weighted by atomic mass is 16.7. The topological polar surface area (TPSA) is 118 Å². The first kappa shape index (κ1) is 32.3. The number of nitrogens with one attached hydrogen (secondary N) is 1. The highest BCUT2D eigenvalue weighted by molar-refractivity contribution is 5.82. The maximum atomic E-state index is 12.2. The van der Waals surface area contributed by atoms with Gasteiger partial charge >= 0.3 is 5.97 Å². The molecule has 9 nitrogen and oxygen atoms in total. The van der Waals surface area contributed by atoms with Crippen molar-refractivity contribution in [3.8, 4) is 0 Å². The molecule has 230 valence electrons. The fourth-order valence-corrected chi connectivity index (χ4v) is 5.12. The predicted octanol–water partition coefficient (Wildman–Crippen LogP) is 4.35. The van der Waals surface area contributed by atoms with Crippen molar-refractivity contribution >= 4 is 11.9 Å². The van der Waals surface area contributed by atoms with Crippen LogP contribution in [0.1, 0.15) is 73.5 Å². The summed E-state index contributed by atoms with van der Waals surface area (Å²) in [5.74, 6) is -0.875. The van der Waals surface area contributed by atoms with Gasteiger partial charge in [0.05, 0.1) is 24.9 Å². The Morgan fingerprint density at radius 1 is 0.953 bits per heavy atom. The lowest BCUT2D eigenvalue weighted by Crippen LogP contribution is -2.43. The van der Waals surface area contributed by atoms with Crippen LogP contribution < -0.4 is 5.32 Å². The lowest BCUT2D eigenvalue weighted by molar-refractivity contribution is -0.253. The summed E-state index contributed by atoms with van der Waals surface area (Å²) in [6.07, 6.45) is -1.93. The third-order valence-electron chi connectivity index (χ3n) is 7.83. The van der Waals surface area contributed by atoms with Gasteiger partial charge in [-0.25, -0.2) is 0 Å². The van der Waals surface area contributed by atoms with E-state index in [9.17, 15) is 19.8 Å². The van der Waals surface area contributed by atoms with E-state index in [-0.39, 0.29) is 37.3 Å². The van der Waals surface area contributed by atoms with Crippen LogP contribution in [0.4, 0.5) is 0 Å². The minimum atomic E-state index is -0.865. The van der Waals surface area contributed by atoms with Gasteiger partial charge in [-0.1, -0.05) is 78.9 Å². The van der Waals surface area contributed by atoms with Gasteiger partial charge < -0.3 is 29.7 Å². The largest absolute Gasteiger partial charge is 0.453 e. The van der Waals surface area contributed by atoms with E-state index in [0.29, 0.717) is 13.0 Å². The third kappa shape index (κ3) is 8.95. The summed E-state index contributed by atoms with van der Waals surface area (Å²) in [6.45, 7) is 5.64. The maximum Gasteiger partial charge on any atom is 0.303 e. The summed E-state index contributed by atoms with van der Waals surface area (Å²) in [7, 11) is 1.99. The summed E-state index contributed by atoms with van der Waals surface area (Å²) < 4.78 is 17.9. The van der Waals surface area contributed by atoms with Crippen molar-refractivity contribution in [3.05, 3.63) is 107 Å². The van der Waals surface area contributed by atoms with Gasteiger partial charge in [0.2, 0.25) is 0 Å². The molecule has 0 radical (unpaired) electrons. The predicted molar refractivity (Wildman–Crippen MR) is 161 cm³/mol. The Labute approximate surface area is 253 Å². The number of benzene rings is 3. The van der Waals surface area contributed by atoms with E-state index in [2.05, 4.69) is 10.2 Å². The molecule has 1 fully saturated rings. The van der Waals surface area contributed by atoms with Crippen LogP contribution in [-0.4, -0.2) is 58.8 Å². The average Bonchev–Trinajstić information content (AvgIpc) is 3.03. The number of hydrogen-bond donors (Lipinski definition) is 3. The van der Waals surface area contributed by atoms with E-state index in [0.717, 1.165) is 27.8 Å². The van der Waals surface area contributed by atoms with Crippen molar-refractivity contribution in [1.29, 1.82) is 0 Å². The van der Waals surface area contributed by atoms with Gasteiger partial charge in [-0.3, -0.25) is 14.5 Å². The Morgan fingerprint density at radius 2 is 1.58 bits per heavy atom. The van der Waals surface area contributed by atoms with Crippen molar-refractivity contribution in [2.45, 2.75) is 77.1 Å². The second-order valence-corrected chi connectivity index (χ2v) is 11.1. The molecular weight excluding hydrogens is 548 g/mol. The first-order valence-corrected chi connectivity index (χ1v) is 14.6. The van der Waals surface area contributed by atoms with E-state index in [4.69, 9.17) is 14.2 Å². The van der Waals surface area contributed by atoms with Crippen LogP contribution in [0.2, 0.25) is 0 Å². The number of carbonyl (C=O) groups is 2. The molecule has 1 aliphatic heterocycles. The molecule has 4 rings (SSSR count). The number of aliphatic hydroxyl groups is 2. The molecule has 0 spiro atoms. The van der Waals surface area contributed by atoms with Gasteiger partial charge in [0.1, 0.15) is 0 Å². The molecule has 1 aliphatic rings. The smallest absolute Gasteiger partial charge is 0.303 e. The van der Waals surface area contributed by atoms with Crippen LogP contribution in [0.15, 0.2) is 78.9 Å². The first-order chi connectivity index (χ1) is 20.6. The standard InChI is InChI=1S/C34H42N2O7/c1-22(32(39)28-8-6-5-7-9-28)36(4)20-30-18-31(27-14-12-26(21-37)13-15-27)43-34(42-30)29-16-10-25(11-17-29)19-35-33(40)23(2)41-24(3)38/h5-17,22-23,30-32,34,37,39H,18-21H2,1-4H3,(H,35,40)/t22-,23+,30-,31+,32-,34+/m1/s1. The molecule has 3 aromatic carbocycles. The molecule has 0 aromatic heterocycles. The van der Waals surface area contributed by atoms with Crippen molar-refractivity contribution < 1.29 is 34.0 Å². The molecule has 1 saturated heterocycles. The molecule has 0 unspecified atom stereocenters. The number of carbonyl (C=O) groups excluding carboxylic acids is 2. The van der Waals surface area contributed by atoms with Crippen LogP contribution in [0.25, 0.3) is 0 Å². The Balaban J connectivity index is 1.46. The number of likely N-dealkylation sites (N-methyl/N-ethyl adjacent to an activating group) is 1. The van der Waals surface area contributed by atoms with E-state index in [1.807, 2.05) is 92.8 Å². The average molecular weight is 591 g/mol. The summed E-state index contributed by atoms with van der Waals surface area (Å²) in [5.41, 5.74) is 4.41. The minimum absolute atomic E-state index is 0.0257. The molecule has 0 saturated carbocycles. The third-order valence-corrected chi connectivity index (χ3v) is 7.83. The Kier molecular flexibility index (Phi) is 11.4. The van der Waals surface area contributed by atoms with E-state index < -0.39 is 24.5 Å². The molecule has 1 amide bonds. The second kappa shape index (κ2) is 15.2. The zero-order valence-corrected chi connectivity index (χ0v) is 25.2. The van der Waals surface area contributed by atoms with Crippen LogP contribution >= 0.6 is 0 Å². The SMILES string of the molecule is CC(=O)O[C@@H](C)C(=O)NCc1ccc([C@H]2O[C@@H](CN(C)[C@H](C)[C@@H](O)c3ccccc3)C[C@@H](c3ccc(CO)cc3)O2)cc1. The Hall–Kier alpha value is -3.60. The Morgan fingerprint density at radius 3 is 2.21 bits per heavy atom. The highest BCUT2D eigenvalue weighted by Crippen LogP contribution is 2.38. The number of amides is 1. The number of aliphatic hydroxyl groups excluding tert-OH is 2. The van der Waals surface area contributed by atoms with Gasteiger partial charge in [0.15, 0.2) is 12.4 Å².